The summed E-state index contributed by atoms with van der Waals surface area (Å²) < 4.78 is 14.0. The van der Waals surface area contributed by atoms with Crippen LogP contribution in [-0.4, -0.2) is 10.4 Å². The van der Waals surface area contributed by atoms with Crippen LogP contribution in [-0.2, 0) is 5.75 Å². The van der Waals surface area contributed by atoms with Gasteiger partial charge in [0.2, 0.25) is 0 Å². The molecule has 1 aliphatic rings. The molecule has 1 unspecified atom stereocenters. The molecular weight excluding hydrogens is 279 g/mol. The number of benzene rings is 1. The highest BCUT2D eigenvalue weighted by Crippen LogP contribution is 2.38. The molecule has 82 valence electrons. The van der Waals surface area contributed by atoms with E-state index in [9.17, 15) is 9.50 Å². The van der Waals surface area contributed by atoms with Crippen LogP contribution in [0, 0.1) is 5.82 Å². The Morgan fingerprint density at radius 2 is 2.27 bits per heavy atom. The molecule has 0 fully saturated rings. The summed E-state index contributed by atoms with van der Waals surface area (Å²) in [6, 6.07) is 2.91. The SMILES string of the molecule is CC1C[C@H](O)c2cc(F)cc(Br)c2CS1. The van der Waals surface area contributed by atoms with Crippen molar-refractivity contribution in [1.82, 2.24) is 0 Å². The molecule has 1 aromatic rings. The molecule has 0 radical (unpaired) electrons. The van der Waals surface area contributed by atoms with Crippen molar-refractivity contribution in [3.8, 4) is 0 Å². The normalized spacial score (nSPS) is 25.9. The second kappa shape index (κ2) is 4.44. The first-order valence-corrected chi connectivity index (χ1v) is 6.69. The minimum Gasteiger partial charge on any atom is -0.388 e. The first-order chi connectivity index (χ1) is 7.08. The van der Waals surface area contributed by atoms with Gasteiger partial charge in [-0.3, -0.25) is 0 Å². The molecule has 0 bridgehead atoms. The largest absolute Gasteiger partial charge is 0.388 e. The topological polar surface area (TPSA) is 20.2 Å². The Bertz CT molecular complexity index is 383. The summed E-state index contributed by atoms with van der Waals surface area (Å²) in [4.78, 5) is 0. The zero-order chi connectivity index (χ0) is 11.0. The van der Waals surface area contributed by atoms with Gasteiger partial charge < -0.3 is 5.11 Å². The molecule has 1 aromatic carbocycles. The maximum absolute atomic E-state index is 13.2. The van der Waals surface area contributed by atoms with Gasteiger partial charge in [-0.05, 0) is 29.7 Å². The molecule has 1 nitrogen and oxygen atoms in total. The van der Waals surface area contributed by atoms with Gasteiger partial charge >= 0.3 is 0 Å². The van der Waals surface area contributed by atoms with E-state index >= 15 is 0 Å². The minimum absolute atomic E-state index is 0.292. The van der Waals surface area contributed by atoms with Crippen molar-refractivity contribution in [2.75, 3.05) is 0 Å². The quantitative estimate of drug-likeness (QED) is 0.787. The lowest BCUT2D eigenvalue weighted by Gasteiger charge is -2.13. The summed E-state index contributed by atoms with van der Waals surface area (Å²) in [6.07, 6.45) is 0.144. The third-order valence-corrected chi connectivity index (χ3v) is 4.55. The molecule has 2 rings (SSSR count). The Hall–Kier alpha value is -0.0600. The fourth-order valence-corrected chi connectivity index (χ4v) is 3.67. The molecule has 0 saturated carbocycles. The molecular formula is C11H12BrFOS. The molecule has 1 heterocycles. The zero-order valence-corrected chi connectivity index (χ0v) is 10.7. The van der Waals surface area contributed by atoms with E-state index in [1.165, 1.54) is 12.1 Å². The van der Waals surface area contributed by atoms with Crippen LogP contribution in [0.25, 0.3) is 0 Å². The van der Waals surface area contributed by atoms with E-state index < -0.39 is 6.10 Å². The van der Waals surface area contributed by atoms with Crippen molar-refractivity contribution in [2.24, 2.45) is 0 Å². The molecule has 1 aliphatic heterocycles. The highest BCUT2D eigenvalue weighted by atomic mass is 79.9. The van der Waals surface area contributed by atoms with Gasteiger partial charge in [0.25, 0.3) is 0 Å². The molecule has 0 amide bonds. The lowest BCUT2D eigenvalue weighted by atomic mass is 10.0. The van der Waals surface area contributed by atoms with E-state index in [2.05, 4.69) is 22.9 Å². The second-order valence-electron chi connectivity index (χ2n) is 3.83. The van der Waals surface area contributed by atoms with Gasteiger partial charge in [-0.2, -0.15) is 11.8 Å². The summed E-state index contributed by atoms with van der Waals surface area (Å²) in [7, 11) is 0. The molecule has 2 atom stereocenters. The number of thioether (sulfide) groups is 1. The fourth-order valence-electron chi connectivity index (χ4n) is 1.81. The maximum Gasteiger partial charge on any atom is 0.124 e. The third kappa shape index (κ3) is 2.37. The van der Waals surface area contributed by atoms with Crippen LogP contribution in [0.15, 0.2) is 16.6 Å². The third-order valence-electron chi connectivity index (χ3n) is 2.62. The van der Waals surface area contributed by atoms with E-state index in [1.807, 2.05) is 0 Å². The van der Waals surface area contributed by atoms with Crippen molar-refractivity contribution in [2.45, 2.75) is 30.5 Å². The monoisotopic (exact) mass is 290 g/mol. The summed E-state index contributed by atoms with van der Waals surface area (Å²) in [5.74, 6) is 0.535. The Morgan fingerprint density at radius 3 is 3.00 bits per heavy atom. The average Bonchev–Trinajstić information content (AvgIpc) is 2.27. The van der Waals surface area contributed by atoms with Crippen molar-refractivity contribution >= 4 is 27.7 Å². The summed E-state index contributed by atoms with van der Waals surface area (Å²) in [6.45, 7) is 2.09. The number of hydrogen-bond donors (Lipinski definition) is 1. The maximum atomic E-state index is 13.2. The summed E-state index contributed by atoms with van der Waals surface area (Å²) in [5, 5.41) is 10.4. The predicted octanol–water partition coefficient (Wildman–Crippen LogP) is 3.65. The standard InChI is InChI=1S/C11H12BrFOS/c1-6-2-11(14)8-3-7(13)4-10(12)9(8)5-15-6/h3-4,6,11,14H,2,5H2,1H3/t6?,11-/m0/s1. The first-order valence-electron chi connectivity index (χ1n) is 4.85. The summed E-state index contributed by atoms with van der Waals surface area (Å²) in [5.41, 5.74) is 1.76. The fraction of sp³-hybridized carbons (Fsp3) is 0.455. The Morgan fingerprint density at radius 1 is 1.53 bits per heavy atom. The van der Waals surface area contributed by atoms with Gasteiger partial charge in [0.05, 0.1) is 6.10 Å². The number of hydrogen-bond acceptors (Lipinski definition) is 2. The zero-order valence-electron chi connectivity index (χ0n) is 8.34. The Labute approximate surface area is 101 Å². The van der Waals surface area contributed by atoms with Gasteiger partial charge in [-0.15, -0.1) is 0 Å². The van der Waals surface area contributed by atoms with Crippen molar-refractivity contribution in [1.29, 1.82) is 0 Å². The lowest BCUT2D eigenvalue weighted by Crippen LogP contribution is -2.04. The average molecular weight is 291 g/mol. The van der Waals surface area contributed by atoms with Gasteiger partial charge in [0.1, 0.15) is 5.82 Å². The summed E-state index contributed by atoms with van der Waals surface area (Å²) >= 11 is 5.14. The van der Waals surface area contributed by atoms with Crippen LogP contribution in [0.4, 0.5) is 4.39 Å². The highest BCUT2D eigenvalue weighted by Gasteiger charge is 2.23. The van der Waals surface area contributed by atoms with Crippen LogP contribution in [0.5, 0.6) is 0 Å². The van der Waals surface area contributed by atoms with Crippen LogP contribution in [0.2, 0.25) is 0 Å². The van der Waals surface area contributed by atoms with Crippen molar-refractivity contribution in [3.63, 3.8) is 0 Å². The molecule has 0 aliphatic carbocycles. The van der Waals surface area contributed by atoms with Crippen LogP contribution in [0.3, 0.4) is 0 Å². The van der Waals surface area contributed by atoms with Gasteiger partial charge in [0.15, 0.2) is 0 Å². The Balaban J connectivity index is 2.48. The van der Waals surface area contributed by atoms with E-state index in [4.69, 9.17) is 0 Å². The van der Waals surface area contributed by atoms with E-state index in [0.717, 1.165) is 21.4 Å². The number of halogens is 2. The van der Waals surface area contributed by atoms with Gasteiger partial charge in [0, 0.05) is 15.5 Å². The number of aliphatic hydroxyl groups excluding tert-OH is 1. The van der Waals surface area contributed by atoms with E-state index in [-0.39, 0.29) is 5.82 Å². The smallest absolute Gasteiger partial charge is 0.124 e. The number of rotatable bonds is 0. The van der Waals surface area contributed by atoms with Gasteiger partial charge in [-0.1, -0.05) is 22.9 Å². The number of fused-ring (bicyclic) bond motifs is 1. The predicted molar refractivity (Wildman–Crippen MR) is 64.4 cm³/mol. The molecule has 15 heavy (non-hydrogen) atoms. The van der Waals surface area contributed by atoms with Crippen molar-refractivity contribution < 1.29 is 9.50 Å². The van der Waals surface area contributed by atoms with E-state index in [1.54, 1.807) is 11.8 Å². The van der Waals surface area contributed by atoms with Crippen molar-refractivity contribution in [3.05, 3.63) is 33.5 Å². The highest BCUT2D eigenvalue weighted by molar-refractivity contribution is 9.10. The van der Waals surface area contributed by atoms with Crippen LogP contribution >= 0.6 is 27.7 Å². The number of aliphatic hydroxyl groups is 1. The van der Waals surface area contributed by atoms with Crippen LogP contribution < -0.4 is 0 Å². The lowest BCUT2D eigenvalue weighted by molar-refractivity contribution is 0.168. The molecule has 0 aromatic heterocycles. The first kappa shape index (κ1) is 11.4. The molecule has 0 spiro atoms. The molecule has 4 heteroatoms. The van der Waals surface area contributed by atoms with E-state index in [0.29, 0.717) is 11.7 Å². The minimum atomic E-state index is -0.544. The molecule has 0 saturated heterocycles. The van der Waals surface area contributed by atoms with Crippen LogP contribution in [0.1, 0.15) is 30.6 Å². The van der Waals surface area contributed by atoms with Gasteiger partial charge in [-0.25, -0.2) is 4.39 Å². The Kier molecular flexibility index (Phi) is 3.38. The molecule has 1 N–H and O–H groups in total. The second-order valence-corrected chi connectivity index (χ2v) is 6.11.